The molecule has 4 heteroatoms. The molecule has 3 nitrogen and oxygen atoms in total. The minimum absolute atomic E-state index is 0.153. The van der Waals surface area contributed by atoms with Gasteiger partial charge in [-0.25, -0.2) is 0 Å². The van der Waals surface area contributed by atoms with E-state index in [1.54, 1.807) is 11.8 Å². The Bertz CT molecular complexity index is 372. The van der Waals surface area contributed by atoms with Gasteiger partial charge in [-0.15, -0.1) is 11.8 Å². The van der Waals surface area contributed by atoms with Gasteiger partial charge in [-0.1, -0.05) is 12.1 Å². The summed E-state index contributed by atoms with van der Waals surface area (Å²) in [6.07, 6.45) is 3.02. The molecule has 1 aromatic rings. The third-order valence-electron chi connectivity index (χ3n) is 3.06. The summed E-state index contributed by atoms with van der Waals surface area (Å²) in [5.74, 6) is 0.324. The second kappa shape index (κ2) is 6.07. The second-order valence-corrected chi connectivity index (χ2v) is 5.14. The first-order valence-electron chi connectivity index (χ1n) is 5.91. The maximum absolute atomic E-state index is 11.8. The van der Waals surface area contributed by atoms with Crippen LogP contribution in [0.4, 0.5) is 0 Å². The molecule has 0 radical (unpaired) electrons. The molecule has 1 unspecified atom stereocenters. The van der Waals surface area contributed by atoms with E-state index in [0.717, 1.165) is 25.1 Å². The Balaban J connectivity index is 1.82. The predicted molar refractivity (Wildman–Crippen MR) is 71.0 cm³/mol. The molecule has 0 saturated carbocycles. The fraction of sp³-hybridized carbons (Fsp3) is 0.462. The fourth-order valence-corrected chi connectivity index (χ4v) is 2.36. The van der Waals surface area contributed by atoms with Gasteiger partial charge >= 0.3 is 0 Å². The van der Waals surface area contributed by atoms with E-state index in [1.807, 2.05) is 0 Å². The minimum Gasteiger partial charge on any atom is -0.352 e. The molecule has 1 aromatic carbocycles. The molecule has 1 aliphatic heterocycles. The molecule has 0 bridgehead atoms. The lowest BCUT2D eigenvalue weighted by atomic mass is 10.1. The van der Waals surface area contributed by atoms with Gasteiger partial charge in [0.15, 0.2) is 0 Å². The standard InChI is InChI=1S/C13H18N2OS/c1-17-12-4-2-10(3-5-12)8-15-13(16)11-6-7-14-9-11/h2-5,11,14H,6-9H2,1H3,(H,15,16). The van der Waals surface area contributed by atoms with Crippen LogP contribution in [0.2, 0.25) is 0 Å². The van der Waals surface area contributed by atoms with E-state index in [2.05, 4.69) is 41.2 Å². The van der Waals surface area contributed by atoms with Crippen LogP contribution in [0.25, 0.3) is 0 Å². The molecule has 1 amide bonds. The van der Waals surface area contributed by atoms with Gasteiger partial charge in [-0.2, -0.15) is 0 Å². The van der Waals surface area contributed by atoms with Crippen molar-refractivity contribution in [1.29, 1.82) is 0 Å². The van der Waals surface area contributed by atoms with Crippen LogP contribution in [0.1, 0.15) is 12.0 Å². The molecular weight excluding hydrogens is 232 g/mol. The van der Waals surface area contributed by atoms with Crippen LogP contribution in [0.3, 0.4) is 0 Å². The topological polar surface area (TPSA) is 41.1 Å². The summed E-state index contributed by atoms with van der Waals surface area (Å²) in [6, 6.07) is 8.31. The van der Waals surface area contributed by atoms with Crippen LogP contribution in [-0.4, -0.2) is 25.3 Å². The Labute approximate surface area is 106 Å². The van der Waals surface area contributed by atoms with E-state index >= 15 is 0 Å². The number of rotatable bonds is 4. The molecule has 2 rings (SSSR count). The summed E-state index contributed by atoms with van der Waals surface area (Å²) < 4.78 is 0. The zero-order valence-electron chi connectivity index (χ0n) is 10.0. The van der Waals surface area contributed by atoms with Gasteiger partial charge in [0.25, 0.3) is 0 Å². The van der Waals surface area contributed by atoms with Crippen molar-refractivity contribution in [2.24, 2.45) is 5.92 Å². The summed E-state index contributed by atoms with van der Waals surface area (Å²) in [5, 5.41) is 6.20. The predicted octanol–water partition coefficient (Wildman–Crippen LogP) is 1.63. The van der Waals surface area contributed by atoms with Gasteiger partial charge in [-0.05, 0) is 36.9 Å². The average Bonchev–Trinajstić information content (AvgIpc) is 2.90. The molecular formula is C13H18N2OS. The van der Waals surface area contributed by atoms with Crippen molar-refractivity contribution in [3.8, 4) is 0 Å². The molecule has 1 saturated heterocycles. The highest BCUT2D eigenvalue weighted by atomic mass is 32.2. The number of carbonyl (C=O) groups excluding carboxylic acids is 1. The van der Waals surface area contributed by atoms with Crippen LogP contribution >= 0.6 is 11.8 Å². The number of amides is 1. The molecule has 1 aliphatic rings. The van der Waals surface area contributed by atoms with Gasteiger partial charge in [-0.3, -0.25) is 4.79 Å². The zero-order chi connectivity index (χ0) is 12.1. The highest BCUT2D eigenvalue weighted by Crippen LogP contribution is 2.15. The minimum atomic E-state index is 0.153. The Morgan fingerprint density at radius 1 is 1.47 bits per heavy atom. The summed E-state index contributed by atoms with van der Waals surface area (Å²) >= 11 is 1.73. The Morgan fingerprint density at radius 3 is 2.82 bits per heavy atom. The van der Waals surface area contributed by atoms with Crippen molar-refractivity contribution in [1.82, 2.24) is 10.6 Å². The summed E-state index contributed by atoms with van der Waals surface area (Å²) in [6.45, 7) is 2.40. The van der Waals surface area contributed by atoms with E-state index in [0.29, 0.717) is 6.54 Å². The highest BCUT2D eigenvalue weighted by Gasteiger charge is 2.21. The first-order valence-corrected chi connectivity index (χ1v) is 7.13. The molecule has 2 N–H and O–H groups in total. The van der Waals surface area contributed by atoms with Gasteiger partial charge in [0.05, 0.1) is 5.92 Å². The van der Waals surface area contributed by atoms with E-state index in [9.17, 15) is 4.79 Å². The lowest BCUT2D eigenvalue weighted by Gasteiger charge is -2.10. The average molecular weight is 250 g/mol. The van der Waals surface area contributed by atoms with Crippen LogP contribution < -0.4 is 10.6 Å². The van der Waals surface area contributed by atoms with Crippen LogP contribution in [0, 0.1) is 5.92 Å². The first kappa shape index (κ1) is 12.5. The third-order valence-corrected chi connectivity index (χ3v) is 3.80. The number of nitrogens with one attached hydrogen (secondary N) is 2. The lowest BCUT2D eigenvalue weighted by Crippen LogP contribution is -2.31. The zero-order valence-corrected chi connectivity index (χ0v) is 10.8. The SMILES string of the molecule is CSc1ccc(CNC(=O)C2CCNC2)cc1. The summed E-state index contributed by atoms with van der Waals surface area (Å²) in [7, 11) is 0. The fourth-order valence-electron chi connectivity index (χ4n) is 1.96. The van der Waals surface area contributed by atoms with Crippen molar-refractivity contribution in [3.63, 3.8) is 0 Å². The first-order chi connectivity index (χ1) is 8.29. The Hall–Kier alpha value is -1.00. The number of thioether (sulfide) groups is 1. The highest BCUT2D eigenvalue weighted by molar-refractivity contribution is 7.98. The quantitative estimate of drug-likeness (QED) is 0.798. The van der Waals surface area contributed by atoms with Crippen LogP contribution in [-0.2, 0) is 11.3 Å². The number of carbonyl (C=O) groups is 1. The molecule has 1 atom stereocenters. The molecule has 92 valence electrons. The molecule has 0 aliphatic carbocycles. The molecule has 17 heavy (non-hydrogen) atoms. The Kier molecular flexibility index (Phi) is 4.45. The largest absolute Gasteiger partial charge is 0.352 e. The molecule has 1 fully saturated rings. The van der Waals surface area contributed by atoms with Crippen molar-refractivity contribution in [2.45, 2.75) is 17.9 Å². The monoisotopic (exact) mass is 250 g/mol. The normalized spacial score (nSPS) is 19.2. The van der Waals surface area contributed by atoms with Crippen LogP contribution in [0.5, 0.6) is 0 Å². The number of hydrogen-bond acceptors (Lipinski definition) is 3. The van der Waals surface area contributed by atoms with Crippen molar-refractivity contribution in [2.75, 3.05) is 19.3 Å². The second-order valence-electron chi connectivity index (χ2n) is 4.26. The summed E-state index contributed by atoms with van der Waals surface area (Å²) in [4.78, 5) is 13.0. The third kappa shape index (κ3) is 3.48. The van der Waals surface area contributed by atoms with E-state index in [4.69, 9.17) is 0 Å². The van der Waals surface area contributed by atoms with Gasteiger partial charge in [0.2, 0.25) is 5.91 Å². The van der Waals surface area contributed by atoms with Crippen molar-refractivity contribution in [3.05, 3.63) is 29.8 Å². The van der Waals surface area contributed by atoms with Crippen molar-refractivity contribution < 1.29 is 4.79 Å². The molecule has 0 aromatic heterocycles. The van der Waals surface area contributed by atoms with E-state index in [-0.39, 0.29) is 11.8 Å². The van der Waals surface area contributed by atoms with Crippen molar-refractivity contribution >= 4 is 17.7 Å². The van der Waals surface area contributed by atoms with E-state index in [1.165, 1.54) is 4.90 Å². The number of hydrogen-bond donors (Lipinski definition) is 2. The smallest absolute Gasteiger partial charge is 0.224 e. The van der Waals surface area contributed by atoms with Gasteiger partial charge < -0.3 is 10.6 Å². The summed E-state index contributed by atoms with van der Waals surface area (Å²) in [5.41, 5.74) is 1.15. The number of benzene rings is 1. The molecule has 0 spiro atoms. The van der Waals surface area contributed by atoms with Crippen LogP contribution in [0.15, 0.2) is 29.2 Å². The Morgan fingerprint density at radius 2 is 2.24 bits per heavy atom. The maximum Gasteiger partial charge on any atom is 0.224 e. The van der Waals surface area contributed by atoms with Gasteiger partial charge in [0, 0.05) is 18.0 Å². The van der Waals surface area contributed by atoms with E-state index < -0.39 is 0 Å². The molecule has 1 heterocycles. The van der Waals surface area contributed by atoms with Gasteiger partial charge in [0.1, 0.15) is 0 Å². The maximum atomic E-state index is 11.8. The lowest BCUT2D eigenvalue weighted by molar-refractivity contribution is -0.124.